The average Bonchev–Trinajstić information content (AvgIpc) is 3.24. The topological polar surface area (TPSA) is 61.4 Å². The van der Waals surface area contributed by atoms with Gasteiger partial charge in [-0.25, -0.2) is 0 Å². The molecule has 0 aliphatic carbocycles. The number of hydrogen-bond donors (Lipinski definition) is 0. The van der Waals surface area contributed by atoms with E-state index in [9.17, 15) is 0 Å². The Morgan fingerprint density at radius 1 is 0.613 bits per heavy atom. The predicted octanol–water partition coefficient (Wildman–Crippen LogP) is 6.98. The van der Waals surface area contributed by atoms with Crippen LogP contribution in [-0.4, -0.2) is 45.8 Å². The third kappa shape index (κ3) is 8.44. The van der Waals surface area contributed by atoms with Crippen molar-refractivity contribution in [1.82, 2.24) is 29.3 Å². The zero-order chi connectivity index (χ0) is 23.4. The van der Waals surface area contributed by atoms with Crippen molar-refractivity contribution in [3.63, 3.8) is 0 Å². The van der Waals surface area contributed by atoms with Crippen molar-refractivity contribution in [2.75, 3.05) is 0 Å². The molecule has 2 aromatic carbocycles. The zero-order valence-corrected chi connectivity index (χ0v) is 24.9. The summed E-state index contributed by atoms with van der Waals surface area (Å²) in [5.41, 5.74) is 4.29. The molecule has 6 nitrogen and oxygen atoms in total. The number of fused-ring (bicyclic) bond motifs is 2. The Morgan fingerprint density at radius 3 is 1.19 bits per heavy atom. The molecule has 0 N–H and O–H groups in total. The second kappa shape index (κ2) is 10.7. The van der Waals surface area contributed by atoms with Crippen LogP contribution in [0.3, 0.4) is 0 Å². The van der Waals surface area contributed by atoms with E-state index in [1.54, 1.807) is 0 Å². The van der Waals surface area contributed by atoms with E-state index in [1.165, 1.54) is 0 Å². The first kappa shape index (κ1) is 26.8. The van der Waals surface area contributed by atoms with Crippen molar-refractivity contribution in [3.8, 4) is 0 Å². The third-order valence-electron chi connectivity index (χ3n) is 3.97. The maximum atomic E-state index is 5.01. The summed E-state index contributed by atoms with van der Waals surface area (Å²) in [6, 6.07) is 16.2. The van der Waals surface area contributed by atoms with Gasteiger partial charge in [0.05, 0.1) is 11.0 Å². The zero-order valence-electron chi connectivity index (χ0n) is 18.3. The van der Waals surface area contributed by atoms with Crippen LogP contribution in [0.1, 0.15) is 0 Å². The van der Waals surface area contributed by atoms with Crippen molar-refractivity contribution in [2.45, 2.75) is 39.3 Å². The molecule has 168 valence electrons. The molecule has 0 unspecified atom stereocenters. The molecule has 4 rings (SSSR count). The van der Waals surface area contributed by atoms with Crippen molar-refractivity contribution >= 4 is 75.8 Å². The molecule has 13 heteroatoms. The number of hydrogen-bond acceptors (Lipinski definition) is 4. The molecule has 0 spiro atoms. The van der Waals surface area contributed by atoms with Crippen LogP contribution < -0.4 is 0 Å². The molecule has 2 aromatic heterocycles. The molecule has 2 heterocycles. The summed E-state index contributed by atoms with van der Waals surface area (Å²) in [6.45, 7) is 13.5. The fourth-order valence-electron chi connectivity index (χ4n) is 2.73. The Morgan fingerprint density at radius 2 is 0.903 bits per heavy atom. The molecule has 4 aromatic rings. The Balaban J connectivity index is 0.000000182. The minimum atomic E-state index is -3.11. The van der Waals surface area contributed by atoms with E-state index in [0.717, 1.165) is 22.1 Å². The van der Waals surface area contributed by atoms with Gasteiger partial charge in [0.1, 0.15) is 11.0 Å². The van der Waals surface area contributed by atoms with Crippen molar-refractivity contribution in [3.05, 3.63) is 48.5 Å². The summed E-state index contributed by atoms with van der Waals surface area (Å²) >= 11 is -3.11. The monoisotopic (exact) mass is 570 g/mol. The van der Waals surface area contributed by atoms with Crippen LogP contribution in [0.2, 0.25) is 39.3 Å². The van der Waals surface area contributed by atoms with Gasteiger partial charge >= 0.3 is 49.6 Å². The van der Waals surface area contributed by atoms with Crippen LogP contribution in [-0.2, 0) is 12.3 Å². The number of nitrogens with zero attached hydrogens (tertiary/aromatic N) is 6. The number of aromatic nitrogens is 6. The second-order valence-corrected chi connectivity index (χ2v) is 33.8. The molecule has 0 bridgehead atoms. The van der Waals surface area contributed by atoms with Gasteiger partial charge in [-0.1, -0.05) is 34.7 Å². The summed E-state index contributed by atoms with van der Waals surface area (Å²) in [4.78, 5) is 0. The number of para-hydroxylation sites is 2. The van der Waals surface area contributed by atoms with E-state index >= 15 is 0 Å². The SMILES string of the molecule is C[Si](C)(C)n1nnc2ccccc21.C[Si](C)(C)n1nnc2ccccc21.[Cl][Ti]([Cl])([Cl])[Cl]. The van der Waals surface area contributed by atoms with Crippen molar-refractivity contribution in [2.24, 2.45) is 0 Å². The van der Waals surface area contributed by atoms with E-state index in [4.69, 9.17) is 37.2 Å². The van der Waals surface area contributed by atoms with Gasteiger partial charge in [-0.2, -0.15) is 0 Å². The van der Waals surface area contributed by atoms with E-state index in [2.05, 4.69) is 80.7 Å². The van der Waals surface area contributed by atoms with Gasteiger partial charge in [0.25, 0.3) is 0 Å². The van der Waals surface area contributed by atoms with Gasteiger partial charge in [-0.05, 0) is 63.5 Å². The summed E-state index contributed by atoms with van der Waals surface area (Å²) < 4.78 is 4.17. The molecule has 0 fully saturated rings. The van der Waals surface area contributed by atoms with Crippen LogP contribution in [0.25, 0.3) is 22.1 Å². The van der Waals surface area contributed by atoms with E-state index < -0.39 is 28.8 Å². The average molecular weight is 572 g/mol. The van der Waals surface area contributed by atoms with Gasteiger partial charge in [0.2, 0.25) is 0 Å². The standard InChI is InChI=1S/2C9H13N3Si.4ClH.Ti/c2*1-13(2,3)12-9-7-5-4-6-8(9)10-11-12;;;;;/h2*4-7H,1-3H3;4*1H;/q;;;;;;+4/p-4. The van der Waals surface area contributed by atoms with Gasteiger partial charge in [-0.3, -0.25) is 8.69 Å². The van der Waals surface area contributed by atoms with Gasteiger partial charge < -0.3 is 0 Å². The fraction of sp³-hybridized carbons (Fsp3) is 0.333. The number of benzene rings is 2. The Kier molecular flexibility index (Phi) is 9.21. The first-order valence-electron chi connectivity index (χ1n) is 9.55. The second-order valence-electron chi connectivity index (χ2n) is 8.75. The first-order valence-corrected chi connectivity index (χ1v) is 25.0. The number of halogens is 4. The van der Waals surface area contributed by atoms with E-state index in [-0.39, 0.29) is 0 Å². The normalized spacial score (nSPS) is 12.2. The fourth-order valence-corrected chi connectivity index (χ4v) is 5.18. The van der Waals surface area contributed by atoms with Crippen LogP contribution in [0, 0.1) is 0 Å². The molecule has 31 heavy (non-hydrogen) atoms. The summed E-state index contributed by atoms with van der Waals surface area (Å²) in [6.07, 6.45) is 0. The van der Waals surface area contributed by atoms with Crippen molar-refractivity contribution < 1.29 is 12.3 Å². The summed E-state index contributed by atoms with van der Waals surface area (Å²) in [7, 11) is 17.3. The maximum absolute atomic E-state index is 5.01. The molecule has 0 amide bonds. The molecular weight excluding hydrogens is 546 g/mol. The van der Waals surface area contributed by atoms with Gasteiger partial charge in [-0.15, -0.1) is 10.2 Å². The molecule has 0 radical (unpaired) electrons. The minimum absolute atomic E-state index is 0.991. The molecule has 0 atom stereocenters. The molecule has 0 saturated carbocycles. The Hall–Kier alpha value is -0.452. The summed E-state index contributed by atoms with van der Waals surface area (Å²) in [5.74, 6) is 0. The third-order valence-corrected chi connectivity index (χ3v) is 7.18. The first-order chi connectivity index (χ1) is 14.2. The Bertz CT molecular complexity index is 1040. The van der Waals surface area contributed by atoms with Crippen LogP contribution in [0.4, 0.5) is 0 Å². The molecule has 0 aliphatic rings. The van der Waals surface area contributed by atoms with Gasteiger partial charge in [0.15, 0.2) is 16.5 Å². The van der Waals surface area contributed by atoms with Crippen LogP contribution >= 0.6 is 37.2 Å². The summed E-state index contributed by atoms with van der Waals surface area (Å²) in [5, 5.41) is 16.7. The molecule has 0 aliphatic heterocycles. The van der Waals surface area contributed by atoms with E-state index in [1.807, 2.05) is 36.4 Å². The van der Waals surface area contributed by atoms with Crippen molar-refractivity contribution in [1.29, 1.82) is 0 Å². The Labute approximate surface area is 203 Å². The van der Waals surface area contributed by atoms with Crippen LogP contribution in [0.15, 0.2) is 48.5 Å². The number of rotatable bonds is 2. The molecule has 0 saturated heterocycles. The van der Waals surface area contributed by atoms with Crippen LogP contribution in [0.5, 0.6) is 0 Å². The predicted molar refractivity (Wildman–Crippen MR) is 136 cm³/mol. The van der Waals surface area contributed by atoms with Gasteiger partial charge in [0, 0.05) is 0 Å². The quantitative estimate of drug-likeness (QED) is 0.243. The molecular formula is C18H26Cl4N6Si2Ti. The van der Waals surface area contributed by atoms with E-state index in [0.29, 0.717) is 0 Å².